The van der Waals surface area contributed by atoms with Crippen molar-refractivity contribution in [3.05, 3.63) is 30.3 Å². The van der Waals surface area contributed by atoms with Crippen molar-refractivity contribution in [2.75, 3.05) is 32.5 Å². The molecular weight excluding hydrogens is 360 g/mol. The number of nitrogens with one attached hydrogen (secondary N) is 1. The van der Waals surface area contributed by atoms with Crippen LogP contribution in [0.15, 0.2) is 34.7 Å². The summed E-state index contributed by atoms with van der Waals surface area (Å²) in [6.45, 7) is 0. The van der Waals surface area contributed by atoms with Gasteiger partial charge in [0, 0.05) is 17.3 Å². The van der Waals surface area contributed by atoms with E-state index in [4.69, 9.17) is 30.2 Å². The molecule has 1 amide bonds. The molecule has 0 saturated heterocycles. The Labute approximate surface area is 154 Å². The van der Waals surface area contributed by atoms with Crippen molar-refractivity contribution in [3.63, 3.8) is 0 Å². The minimum Gasteiger partial charge on any atom is -0.493 e. The molecule has 0 aliphatic carbocycles. The van der Waals surface area contributed by atoms with Gasteiger partial charge in [0.15, 0.2) is 17.1 Å². The van der Waals surface area contributed by atoms with Crippen LogP contribution in [0.25, 0.3) is 22.6 Å². The highest BCUT2D eigenvalue weighted by Crippen LogP contribution is 2.41. The molecule has 26 heavy (non-hydrogen) atoms. The number of alkyl halides is 1. The number of methoxy groups -OCH3 is 3. The number of carbonyl (C=O) groups excluding carboxylic acids is 1. The van der Waals surface area contributed by atoms with E-state index in [1.165, 1.54) is 7.11 Å². The van der Waals surface area contributed by atoms with Gasteiger partial charge >= 0.3 is 0 Å². The second kappa shape index (κ2) is 7.53. The van der Waals surface area contributed by atoms with Gasteiger partial charge in [-0.15, -0.1) is 11.6 Å². The van der Waals surface area contributed by atoms with Gasteiger partial charge in [-0.3, -0.25) is 4.79 Å². The van der Waals surface area contributed by atoms with Crippen LogP contribution < -0.4 is 19.5 Å². The maximum absolute atomic E-state index is 11.4. The third kappa shape index (κ3) is 3.39. The Hall–Kier alpha value is -2.93. The lowest BCUT2D eigenvalue weighted by molar-refractivity contribution is -0.113. The minimum atomic E-state index is -0.296. The van der Waals surface area contributed by atoms with Crippen molar-refractivity contribution in [1.29, 1.82) is 0 Å². The topological polar surface area (TPSA) is 82.8 Å². The second-order valence-corrected chi connectivity index (χ2v) is 5.56. The van der Waals surface area contributed by atoms with Gasteiger partial charge in [0.2, 0.25) is 17.5 Å². The summed E-state index contributed by atoms with van der Waals surface area (Å²) in [5, 5.41) is 2.67. The Morgan fingerprint density at radius 3 is 2.38 bits per heavy atom. The third-order valence-electron chi connectivity index (χ3n) is 3.71. The van der Waals surface area contributed by atoms with E-state index >= 15 is 0 Å². The number of hydrogen-bond donors (Lipinski definition) is 1. The Balaban J connectivity index is 2.04. The first kappa shape index (κ1) is 17.9. The normalized spacial score (nSPS) is 10.6. The van der Waals surface area contributed by atoms with E-state index in [1.807, 2.05) is 0 Å². The summed E-state index contributed by atoms with van der Waals surface area (Å²) in [5.74, 6) is 1.46. The molecule has 1 aromatic heterocycles. The first-order valence-electron chi connectivity index (χ1n) is 7.66. The number of ether oxygens (including phenoxy) is 3. The first-order chi connectivity index (χ1) is 12.6. The molecule has 1 N–H and O–H groups in total. The summed E-state index contributed by atoms with van der Waals surface area (Å²) >= 11 is 5.50. The molecule has 3 aromatic rings. The number of aromatic nitrogens is 1. The van der Waals surface area contributed by atoms with Gasteiger partial charge in [0.25, 0.3) is 0 Å². The Morgan fingerprint density at radius 2 is 1.81 bits per heavy atom. The molecule has 0 spiro atoms. The monoisotopic (exact) mass is 376 g/mol. The molecule has 0 unspecified atom stereocenters. The average Bonchev–Trinajstić information content (AvgIpc) is 3.09. The van der Waals surface area contributed by atoms with E-state index in [9.17, 15) is 4.79 Å². The van der Waals surface area contributed by atoms with E-state index < -0.39 is 0 Å². The predicted octanol–water partition coefficient (Wildman–Crippen LogP) is 3.70. The fourth-order valence-electron chi connectivity index (χ4n) is 2.52. The van der Waals surface area contributed by atoms with Crippen molar-refractivity contribution in [1.82, 2.24) is 4.98 Å². The maximum Gasteiger partial charge on any atom is 0.239 e. The molecule has 2 aromatic carbocycles. The summed E-state index contributed by atoms with van der Waals surface area (Å²) in [6.07, 6.45) is 0. The van der Waals surface area contributed by atoms with Gasteiger partial charge in [0.05, 0.1) is 21.3 Å². The van der Waals surface area contributed by atoms with Crippen LogP contribution in [0.3, 0.4) is 0 Å². The Morgan fingerprint density at radius 1 is 1.12 bits per heavy atom. The number of carbonyl (C=O) groups is 1. The molecule has 0 saturated carbocycles. The number of hydrogen-bond acceptors (Lipinski definition) is 6. The molecule has 0 aliphatic rings. The molecule has 0 aliphatic heterocycles. The van der Waals surface area contributed by atoms with Crippen LogP contribution in [0.1, 0.15) is 0 Å². The minimum absolute atomic E-state index is 0.120. The van der Waals surface area contributed by atoms with Gasteiger partial charge < -0.3 is 23.9 Å². The second-order valence-electron chi connectivity index (χ2n) is 5.30. The molecule has 1 heterocycles. The summed E-state index contributed by atoms with van der Waals surface area (Å²) in [4.78, 5) is 15.9. The molecule has 8 heteroatoms. The van der Waals surface area contributed by atoms with Crippen LogP contribution >= 0.6 is 11.6 Å². The van der Waals surface area contributed by atoms with E-state index in [0.29, 0.717) is 45.5 Å². The van der Waals surface area contributed by atoms with Gasteiger partial charge in [-0.2, -0.15) is 0 Å². The zero-order valence-electron chi connectivity index (χ0n) is 14.5. The van der Waals surface area contributed by atoms with Crippen LogP contribution in [0.2, 0.25) is 0 Å². The number of halogens is 1. The first-order valence-corrected chi connectivity index (χ1v) is 8.19. The molecule has 0 bridgehead atoms. The van der Waals surface area contributed by atoms with Crippen molar-refractivity contribution in [2.45, 2.75) is 0 Å². The summed E-state index contributed by atoms with van der Waals surface area (Å²) in [7, 11) is 4.62. The third-order valence-corrected chi connectivity index (χ3v) is 3.95. The lowest BCUT2D eigenvalue weighted by Crippen LogP contribution is -2.12. The quantitative estimate of drug-likeness (QED) is 0.660. The molecule has 0 radical (unpaired) electrons. The van der Waals surface area contributed by atoms with Gasteiger partial charge in [-0.05, 0) is 24.3 Å². The summed E-state index contributed by atoms with van der Waals surface area (Å²) in [6, 6.07) is 8.68. The molecule has 0 fully saturated rings. The van der Waals surface area contributed by atoms with Gasteiger partial charge in [0.1, 0.15) is 11.4 Å². The van der Waals surface area contributed by atoms with E-state index in [1.54, 1.807) is 44.6 Å². The smallest absolute Gasteiger partial charge is 0.239 e. The Bertz CT molecular complexity index is 929. The van der Waals surface area contributed by atoms with Crippen LogP contribution in [-0.4, -0.2) is 38.1 Å². The van der Waals surface area contributed by atoms with Crippen LogP contribution in [0.5, 0.6) is 17.2 Å². The molecule has 7 nitrogen and oxygen atoms in total. The molecule has 0 atom stereocenters. The number of oxazole rings is 1. The number of anilines is 1. The largest absolute Gasteiger partial charge is 0.493 e. The lowest BCUT2D eigenvalue weighted by Gasteiger charge is -2.12. The van der Waals surface area contributed by atoms with Crippen molar-refractivity contribution >= 4 is 34.3 Å². The highest BCUT2D eigenvalue weighted by Gasteiger charge is 2.17. The lowest BCUT2D eigenvalue weighted by atomic mass is 10.2. The Kier molecular flexibility index (Phi) is 5.18. The van der Waals surface area contributed by atoms with Crippen molar-refractivity contribution in [3.8, 4) is 28.7 Å². The zero-order valence-corrected chi connectivity index (χ0v) is 15.2. The highest BCUT2D eigenvalue weighted by molar-refractivity contribution is 6.29. The van der Waals surface area contributed by atoms with Crippen LogP contribution in [-0.2, 0) is 4.79 Å². The number of fused-ring (bicyclic) bond motifs is 1. The number of nitrogens with zero attached hydrogens (tertiary/aromatic N) is 1. The zero-order chi connectivity index (χ0) is 18.7. The molecule has 136 valence electrons. The highest BCUT2D eigenvalue weighted by atomic mass is 35.5. The number of amides is 1. The standard InChI is InChI=1S/C18H17ClN2O5/c1-23-14-6-10(7-15(24-2)17(14)25-3)18-21-12-5-4-11(8-13(12)26-18)20-16(22)9-19/h4-8H,9H2,1-3H3,(H,20,22). The van der Waals surface area contributed by atoms with E-state index in [2.05, 4.69) is 10.3 Å². The predicted molar refractivity (Wildman–Crippen MR) is 98.5 cm³/mol. The number of rotatable bonds is 6. The maximum atomic E-state index is 11.4. The SMILES string of the molecule is COc1cc(-c2nc3ccc(NC(=O)CCl)cc3o2)cc(OC)c1OC. The fourth-order valence-corrected chi connectivity index (χ4v) is 2.59. The average molecular weight is 377 g/mol. The van der Waals surface area contributed by atoms with Crippen LogP contribution in [0.4, 0.5) is 5.69 Å². The van der Waals surface area contributed by atoms with Gasteiger partial charge in [-0.1, -0.05) is 0 Å². The molecular formula is C18H17ClN2O5. The summed E-state index contributed by atoms with van der Waals surface area (Å²) < 4.78 is 21.9. The van der Waals surface area contributed by atoms with E-state index in [0.717, 1.165) is 0 Å². The fraction of sp³-hybridized carbons (Fsp3) is 0.222. The van der Waals surface area contributed by atoms with Crippen LogP contribution in [0, 0.1) is 0 Å². The van der Waals surface area contributed by atoms with Gasteiger partial charge in [-0.25, -0.2) is 4.98 Å². The van der Waals surface area contributed by atoms with Crippen molar-refractivity contribution < 1.29 is 23.4 Å². The number of benzene rings is 2. The molecule has 3 rings (SSSR count). The van der Waals surface area contributed by atoms with Crippen molar-refractivity contribution in [2.24, 2.45) is 0 Å². The van der Waals surface area contributed by atoms with E-state index in [-0.39, 0.29) is 11.8 Å². The summed E-state index contributed by atoms with van der Waals surface area (Å²) in [5.41, 5.74) is 2.43.